The Morgan fingerprint density at radius 2 is 1.81 bits per heavy atom. The largest absolute Gasteiger partial charge is 0.392 e. The lowest BCUT2D eigenvalue weighted by molar-refractivity contribution is 0.102. The molecule has 1 saturated carbocycles. The minimum absolute atomic E-state index is 0.0441. The monoisotopic (exact) mass is 224 g/mol. The van der Waals surface area contributed by atoms with Crippen molar-refractivity contribution in [2.24, 2.45) is 5.92 Å². The number of aliphatic hydroxyl groups excluding tert-OH is 1. The molecule has 3 rings (SSSR count). The molecule has 3 aliphatic rings. The molecule has 2 aliphatic heterocycles. The van der Waals surface area contributed by atoms with Gasteiger partial charge in [-0.2, -0.15) is 0 Å². The van der Waals surface area contributed by atoms with Crippen molar-refractivity contribution < 1.29 is 5.11 Å². The highest BCUT2D eigenvalue weighted by atomic mass is 16.3. The van der Waals surface area contributed by atoms with E-state index in [1.165, 1.54) is 58.3 Å². The zero-order chi connectivity index (χ0) is 11.0. The number of β-amino-alcohol motifs (C(OH)–C–C–N with tert-alkyl or cyclic N) is 1. The molecule has 2 heterocycles. The second-order valence-electron chi connectivity index (χ2n) is 5.85. The van der Waals surface area contributed by atoms with E-state index in [1.807, 2.05) is 0 Å². The Balaban J connectivity index is 1.44. The highest BCUT2D eigenvalue weighted by Gasteiger charge is 2.34. The van der Waals surface area contributed by atoms with Crippen LogP contribution in [0.15, 0.2) is 0 Å². The molecule has 0 aromatic carbocycles. The SMILES string of the molecule is OC(CN1CCC(N2CCCC2)C1)C1CC1. The van der Waals surface area contributed by atoms with Crippen LogP contribution in [0.2, 0.25) is 0 Å². The van der Waals surface area contributed by atoms with Crippen molar-refractivity contribution in [3.05, 3.63) is 0 Å². The number of hydrogen-bond acceptors (Lipinski definition) is 3. The van der Waals surface area contributed by atoms with Crippen LogP contribution in [-0.4, -0.2) is 59.8 Å². The highest BCUT2D eigenvalue weighted by Crippen LogP contribution is 2.33. The first-order chi connectivity index (χ1) is 7.83. The summed E-state index contributed by atoms with van der Waals surface area (Å²) in [5.74, 6) is 0.630. The Labute approximate surface area is 98.4 Å². The van der Waals surface area contributed by atoms with Crippen molar-refractivity contribution in [1.29, 1.82) is 0 Å². The van der Waals surface area contributed by atoms with Crippen LogP contribution in [0, 0.1) is 5.92 Å². The standard InChI is InChI=1S/C13H24N2O/c16-13(11-3-4-11)10-14-8-5-12(9-14)15-6-1-2-7-15/h11-13,16H,1-10H2. The summed E-state index contributed by atoms with van der Waals surface area (Å²) in [6.07, 6.45) is 6.56. The summed E-state index contributed by atoms with van der Waals surface area (Å²) >= 11 is 0. The minimum Gasteiger partial charge on any atom is -0.392 e. The van der Waals surface area contributed by atoms with E-state index in [-0.39, 0.29) is 6.10 Å². The fourth-order valence-corrected chi connectivity index (χ4v) is 3.28. The van der Waals surface area contributed by atoms with Gasteiger partial charge in [0.25, 0.3) is 0 Å². The van der Waals surface area contributed by atoms with Crippen LogP contribution in [0.1, 0.15) is 32.1 Å². The van der Waals surface area contributed by atoms with Crippen molar-refractivity contribution in [1.82, 2.24) is 9.80 Å². The molecule has 1 N–H and O–H groups in total. The topological polar surface area (TPSA) is 26.7 Å². The zero-order valence-corrected chi connectivity index (χ0v) is 10.1. The van der Waals surface area contributed by atoms with Gasteiger partial charge in [0.2, 0.25) is 0 Å². The van der Waals surface area contributed by atoms with Gasteiger partial charge in [0.05, 0.1) is 6.10 Å². The van der Waals surface area contributed by atoms with E-state index in [1.54, 1.807) is 0 Å². The van der Waals surface area contributed by atoms with E-state index in [0.29, 0.717) is 5.92 Å². The number of hydrogen-bond donors (Lipinski definition) is 1. The second-order valence-corrected chi connectivity index (χ2v) is 5.85. The molecule has 92 valence electrons. The van der Waals surface area contributed by atoms with Crippen molar-refractivity contribution in [2.75, 3.05) is 32.7 Å². The van der Waals surface area contributed by atoms with Gasteiger partial charge in [0.15, 0.2) is 0 Å². The van der Waals surface area contributed by atoms with Gasteiger partial charge in [-0.05, 0) is 57.7 Å². The second kappa shape index (κ2) is 4.63. The fraction of sp³-hybridized carbons (Fsp3) is 1.00. The van der Waals surface area contributed by atoms with Gasteiger partial charge in [-0.3, -0.25) is 9.80 Å². The average Bonchev–Trinajstić information content (AvgIpc) is 2.80. The van der Waals surface area contributed by atoms with Gasteiger partial charge in [-0.1, -0.05) is 0 Å². The molecule has 3 fully saturated rings. The third-order valence-corrected chi connectivity index (χ3v) is 4.52. The number of aliphatic hydroxyl groups is 1. The molecular weight excluding hydrogens is 200 g/mol. The summed E-state index contributed by atoms with van der Waals surface area (Å²) < 4.78 is 0. The van der Waals surface area contributed by atoms with Gasteiger partial charge in [-0.25, -0.2) is 0 Å². The predicted molar refractivity (Wildman–Crippen MR) is 64.4 cm³/mol. The normalized spacial score (nSPS) is 34.7. The summed E-state index contributed by atoms with van der Waals surface area (Å²) in [4.78, 5) is 5.13. The van der Waals surface area contributed by atoms with Crippen LogP contribution < -0.4 is 0 Å². The van der Waals surface area contributed by atoms with Gasteiger partial charge >= 0.3 is 0 Å². The van der Waals surface area contributed by atoms with E-state index >= 15 is 0 Å². The van der Waals surface area contributed by atoms with Crippen molar-refractivity contribution in [3.63, 3.8) is 0 Å². The van der Waals surface area contributed by atoms with Crippen LogP contribution in [-0.2, 0) is 0 Å². The zero-order valence-electron chi connectivity index (χ0n) is 10.1. The van der Waals surface area contributed by atoms with Crippen LogP contribution in [0.3, 0.4) is 0 Å². The summed E-state index contributed by atoms with van der Waals surface area (Å²) in [7, 11) is 0. The highest BCUT2D eigenvalue weighted by molar-refractivity contribution is 4.89. The van der Waals surface area contributed by atoms with Crippen molar-refractivity contribution >= 4 is 0 Å². The lowest BCUT2D eigenvalue weighted by atomic mass is 10.2. The van der Waals surface area contributed by atoms with Crippen LogP contribution in [0.4, 0.5) is 0 Å². The van der Waals surface area contributed by atoms with Gasteiger partial charge < -0.3 is 5.11 Å². The molecule has 0 amide bonds. The number of rotatable bonds is 4. The molecule has 0 aromatic heterocycles. The summed E-state index contributed by atoms with van der Waals surface area (Å²) in [6, 6.07) is 0.786. The maximum absolute atomic E-state index is 9.95. The maximum atomic E-state index is 9.95. The molecule has 16 heavy (non-hydrogen) atoms. The van der Waals surface area contributed by atoms with E-state index in [0.717, 1.165) is 12.6 Å². The van der Waals surface area contributed by atoms with Crippen LogP contribution >= 0.6 is 0 Å². The van der Waals surface area contributed by atoms with E-state index in [9.17, 15) is 5.11 Å². The third kappa shape index (κ3) is 2.41. The molecule has 0 radical (unpaired) electrons. The average molecular weight is 224 g/mol. The van der Waals surface area contributed by atoms with Crippen LogP contribution in [0.5, 0.6) is 0 Å². The summed E-state index contributed by atoms with van der Waals surface area (Å²) in [5.41, 5.74) is 0. The predicted octanol–water partition coefficient (Wildman–Crippen LogP) is 0.927. The van der Waals surface area contributed by atoms with Gasteiger partial charge in [0.1, 0.15) is 0 Å². The third-order valence-electron chi connectivity index (χ3n) is 4.52. The minimum atomic E-state index is -0.0441. The molecule has 2 saturated heterocycles. The summed E-state index contributed by atoms with van der Waals surface area (Å²) in [5, 5.41) is 9.95. The Kier molecular flexibility index (Phi) is 3.18. The smallest absolute Gasteiger partial charge is 0.0695 e. The molecular formula is C13H24N2O. The Hall–Kier alpha value is -0.120. The summed E-state index contributed by atoms with van der Waals surface area (Å²) in [6.45, 7) is 5.94. The molecule has 0 aromatic rings. The molecule has 3 nitrogen and oxygen atoms in total. The number of likely N-dealkylation sites (tertiary alicyclic amines) is 2. The molecule has 0 spiro atoms. The Bertz CT molecular complexity index is 236. The van der Waals surface area contributed by atoms with Gasteiger partial charge in [0, 0.05) is 19.1 Å². The first-order valence-electron chi connectivity index (χ1n) is 6.97. The Morgan fingerprint density at radius 3 is 2.50 bits per heavy atom. The van der Waals surface area contributed by atoms with Gasteiger partial charge in [-0.15, -0.1) is 0 Å². The van der Waals surface area contributed by atoms with Crippen molar-refractivity contribution in [3.8, 4) is 0 Å². The quantitative estimate of drug-likeness (QED) is 0.769. The van der Waals surface area contributed by atoms with E-state index < -0.39 is 0 Å². The first-order valence-corrected chi connectivity index (χ1v) is 6.97. The molecule has 1 aliphatic carbocycles. The van der Waals surface area contributed by atoms with Crippen LogP contribution in [0.25, 0.3) is 0 Å². The lowest BCUT2D eigenvalue weighted by Gasteiger charge is -2.24. The Morgan fingerprint density at radius 1 is 1.06 bits per heavy atom. The first kappa shape index (κ1) is 11.0. The molecule has 2 atom stereocenters. The fourth-order valence-electron chi connectivity index (χ4n) is 3.28. The lowest BCUT2D eigenvalue weighted by Crippen LogP contribution is -2.37. The molecule has 0 bridgehead atoms. The van der Waals surface area contributed by atoms with Crippen molar-refractivity contribution in [2.45, 2.75) is 44.2 Å². The number of nitrogens with zero attached hydrogens (tertiary/aromatic N) is 2. The molecule has 2 unspecified atom stereocenters. The van der Waals surface area contributed by atoms with E-state index in [2.05, 4.69) is 9.80 Å². The van der Waals surface area contributed by atoms with E-state index in [4.69, 9.17) is 0 Å². The maximum Gasteiger partial charge on any atom is 0.0695 e. The molecule has 3 heteroatoms.